The van der Waals surface area contributed by atoms with Crippen LogP contribution in [0.2, 0.25) is 0 Å². The van der Waals surface area contributed by atoms with Gasteiger partial charge in [0.15, 0.2) is 0 Å². The molecule has 0 aliphatic rings. The Balaban J connectivity index is 0.930. The minimum Gasteiger partial charge on any atom is -0.310 e. The maximum absolute atomic E-state index is 2.45. The van der Waals surface area contributed by atoms with Crippen molar-refractivity contribution in [3.8, 4) is 50.2 Å². The van der Waals surface area contributed by atoms with Crippen LogP contribution in [-0.4, -0.2) is 4.57 Å². The molecule has 314 valence electrons. The Morgan fingerprint density at radius 1 is 0.328 bits per heavy atom. The van der Waals surface area contributed by atoms with Gasteiger partial charge in [0.1, 0.15) is 0 Å². The van der Waals surface area contributed by atoms with Crippen molar-refractivity contribution in [2.45, 2.75) is 0 Å². The molecule has 2 aromatic heterocycles. The normalized spacial score (nSPS) is 11.6. The van der Waals surface area contributed by atoms with E-state index < -0.39 is 0 Å². The third-order valence-corrected chi connectivity index (χ3v) is 14.5. The van der Waals surface area contributed by atoms with Crippen molar-refractivity contribution in [3.63, 3.8) is 0 Å². The van der Waals surface area contributed by atoms with Gasteiger partial charge in [0.25, 0.3) is 0 Å². The number of thiophene rings is 1. The predicted octanol–water partition coefficient (Wildman–Crippen LogP) is 18.4. The van der Waals surface area contributed by atoms with Gasteiger partial charge < -0.3 is 9.47 Å². The van der Waals surface area contributed by atoms with Crippen molar-refractivity contribution >= 4 is 81.1 Å². The van der Waals surface area contributed by atoms with Crippen molar-refractivity contribution in [1.82, 2.24) is 4.57 Å². The SMILES string of the molecule is c1ccc(-c2ccc(-c3ccc(N(c4ccc(-c5ccc6c7ccc8ccccc8c7n(-c7ccccc7)c6c5)cc4)c4cccc5sc6ccccc6c45)cc3)cc2-c2ccccc2)cc1. The summed E-state index contributed by atoms with van der Waals surface area (Å²) in [4.78, 5) is 2.44. The van der Waals surface area contributed by atoms with Crippen LogP contribution in [-0.2, 0) is 0 Å². The van der Waals surface area contributed by atoms with Gasteiger partial charge in [-0.05, 0) is 117 Å². The molecule has 2 nitrogen and oxygen atoms in total. The molecular weight excluding hydrogens is 829 g/mol. The summed E-state index contributed by atoms with van der Waals surface area (Å²) in [5, 5.41) is 7.55. The minimum absolute atomic E-state index is 1.10. The topological polar surface area (TPSA) is 8.17 Å². The van der Waals surface area contributed by atoms with E-state index in [2.05, 4.69) is 264 Å². The highest BCUT2D eigenvalue weighted by atomic mass is 32.1. The number of hydrogen-bond donors (Lipinski definition) is 0. The van der Waals surface area contributed by atoms with E-state index in [-0.39, 0.29) is 0 Å². The number of aromatic nitrogens is 1. The fourth-order valence-electron chi connectivity index (χ4n) is 10.2. The molecule has 0 N–H and O–H groups in total. The molecule has 0 saturated carbocycles. The van der Waals surface area contributed by atoms with Crippen molar-refractivity contribution in [1.29, 1.82) is 0 Å². The Labute approximate surface area is 393 Å². The van der Waals surface area contributed by atoms with Gasteiger partial charge in [-0.3, -0.25) is 0 Å². The summed E-state index contributed by atoms with van der Waals surface area (Å²) in [6.45, 7) is 0. The Morgan fingerprint density at radius 3 is 1.60 bits per heavy atom. The van der Waals surface area contributed by atoms with Gasteiger partial charge in [0.2, 0.25) is 0 Å². The van der Waals surface area contributed by atoms with E-state index in [0.717, 1.165) is 22.7 Å². The largest absolute Gasteiger partial charge is 0.310 e. The Hall–Kier alpha value is -8.50. The smallest absolute Gasteiger partial charge is 0.0619 e. The molecule has 0 unspecified atom stereocenters. The third-order valence-electron chi connectivity index (χ3n) is 13.4. The molecule has 0 aliphatic carbocycles. The highest BCUT2D eigenvalue weighted by molar-refractivity contribution is 7.26. The number of benzene rings is 11. The van der Waals surface area contributed by atoms with E-state index >= 15 is 0 Å². The number of anilines is 3. The minimum atomic E-state index is 1.10. The highest BCUT2D eigenvalue weighted by Gasteiger charge is 2.20. The number of fused-ring (bicyclic) bond motifs is 8. The van der Waals surface area contributed by atoms with Gasteiger partial charge in [-0.25, -0.2) is 0 Å². The summed E-state index contributed by atoms with van der Waals surface area (Å²) in [7, 11) is 0. The monoisotopic (exact) mass is 870 g/mol. The zero-order valence-electron chi connectivity index (χ0n) is 36.6. The summed E-state index contributed by atoms with van der Waals surface area (Å²) in [6.07, 6.45) is 0. The molecule has 67 heavy (non-hydrogen) atoms. The maximum Gasteiger partial charge on any atom is 0.0619 e. The quantitative estimate of drug-likeness (QED) is 0.148. The zero-order chi connectivity index (χ0) is 44.3. The summed E-state index contributed by atoms with van der Waals surface area (Å²) >= 11 is 1.86. The number of nitrogens with zero attached hydrogens (tertiary/aromatic N) is 2. The van der Waals surface area contributed by atoms with Gasteiger partial charge in [-0.15, -0.1) is 11.3 Å². The summed E-state index contributed by atoms with van der Waals surface area (Å²) in [5.74, 6) is 0. The molecule has 13 aromatic rings. The van der Waals surface area contributed by atoms with Crippen molar-refractivity contribution in [2.24, 2.45) is 0 Å². The Bertz CT molecular complexity index is 3940. The average Bonchev–Trinajstić information content (AvgIpc) is 3.96. The van der Waals surface area contributed by atoms with Crippen LogP contribution >= 0.6 is 11.3 Å². The van der Waals surface area contributed by atoms with Crippen molar-refractivity contribution in [2.75, 3.05) is 4.90 Å². The molecule has 0 saturated heterocycles. The molecule has 0 atom stereocenters. The van der Waals surface area contributed by atoms with Crippen LogP contribution in [0.15, 0.2) is 255 Å². The number of rotatable bonds is 8. The van der Waals surface area contributed by atoms with Gasteiger partial charge in [0.05, 0.1) is 16.7 Å². The molecule has 2 heterocycles. The van der Waals surface area contributed by atoms with E-state index in [9.17, 15) is 0 Å². The lowest BCUT2D eigenvalue weighted by atomic mass is 9.91. The first-order valence-corrected chi connectivity index (χ1v) is 23.7. The van der Waals surface area contributed by atoms with E-state index in [1.807, 2.05) is 11.3 Å². The summed E-state index contributed by atoms with van der Waals surface area (Å²) in [6, 6.07) is 93.1. The first kappa shape index (κ1) is 38.9. The molecule has 0 radical (unpaired) electrons. The zero-order valence-corrected chi connectivity index (χ0v) is 37.4. The van der Waals surface area contributed by atoms with Gasteiger partial charge in [0, 0.05) is 53.4 Å². The fraction of sp³-hybridized carbons (Fsp3) is 0. The second-order valence-corrected chi connectivity index (χ2v) is 18.3. The van der Waals surface area contributed by atoms with Crippen LogP contribution < -0.4 is 4.90 Å². The second kappa shape index (κ2) is 16.2. The molecule has 13 rings (SSSR count). The van der Waals surface area contributed by atoms with E-state index in [1.54, 1.807) is 0 Å². The van der Waals surface area contributed by atoms with Crippen molar-refractivity contribution < 1.29 is 0 Å². The van der Waals surface area contributed by atoms with Crippen molar-refractivity contribution in [3.05, 3.63) is 255 Å². The lowest BCUT2D eigenvalue weighted by Crippen LogP contribution is -2.10. The average molecular weight is 871 g/mol. The Morgan fingerprint density at radius 2 is 0.881 bits per heavy atom. The van der Waals surface area contributed by atoms with Gasteiger partial charge in [-0.2, -0.15) is 0 Å². The summed E-state index contributed by atoms with van der Waals surface area (Å²) in [5.41, 5.74) is 16.5. The number of hydrogen-bond acceptors (Lipinski definition) is 2. The molecule has 0 amide bonds. The molecule has 0 aliphatic heterocycles. The van der Waals surface area contributed by atoms with E-state index in [0.29, 0.717) is 0 Å². The molecule has 11 aromatic carbocycles. The van der Waals surface area contributed by atoms with Crippen LogP contribution in [0.4, 0.5) is 17.1 Å². The summed E-state index contributed by atoms with van der Waals surface area (Å²) < 4.78 is 5.02. The molecule has 0 spiro atoms. The van der Waals surface area contributed by atoms with E-state index in [4.69, 9.17) is 0 Å². The molecule has 0 bridgehead atoms. The molecule has 0 fully saturated rings. The lowest BCUT2D eigenvalue weighted by molar-refractivity contribution is 1.19. The van der Waals surface area contributed by atoms with Crippen LogP contribution in [0, 0.1) is 0 Å². The van der Waals surface area contributed by atoms with Crippen LogP contribution in [0.3, 0.4) is 0 Å². The molecule has 3 heteroatoms. The predicted molar refractivity (Wildman–Crippen MR) is 288 cm³/mol. The second-order valence-electron chi connectivity index (χ2n) is 17.3. The number of para-hydroxylation sites is 1. The van der Waals surface area contributed by atoms with Crippen LogP contribution in [0.5, 0.6) is 0 Å². The van der Waals surface area contributed by atoms with Gasteiger partial charge in [-0.1, -0.05) is 188 Å². The fourth-order valence-corrected chi connectivity index (χ4v) is 11.4. The molecular formula is C64H42N2S. The Kier molecular flexibility index (Phi) is 9.40. The van der Waals surface area contributed by atoms with Crippen LogP contribution in [0.1, 0.15) is 0 Å². The third kappa shape index (κ3) is 6.71. The van der Waals surface area contributed by atoms with Crippen LogP contribution in [0.25, 0.3) is 103 Å². The first-order valence-electron chi connectivity index (χ1n) is 22.9. The standard InChI is InChI=1S/C64H42N2S/c1-4-15-45(16-5-1)53-38-32-48(41-58(53)46-17-6-2-7-18-46)43-27-34-51(35-28-43)65(59-24-14-26-62-63(59)57-23-12-13-25-61(57)67-62)52-36-29-44(30-37-52)49-33-39-55-56-40-31-47-19-10-11-22-54(47)64(56)66(60(55)42-49)50-20-8-3-9-21-50/h1-42H. The highest BCUT2D eigenvalue weighted by Crippen LogP contribution is 2.46. The first-order chi connectivity index (χ1) is 33.2. The van der Waals surface area contributed by atoms with Gasteiger partial charge >= 0.3 is 0 Å². The lowest BCUT2D eigenvalue weighted by Gasteiger charge is -2.27. The van der Waals surface area contributed by atoms with E-state index in [1.165, 1.54) is 97.3 Å². The maximum atomic E-state index is 2.45.